The number of morpholine rings is 1. The first-order valence-electron chi connectivity index (χ1n) is 7.62. The fourth-order valence-corrected chi connectivity index (χ4v) is 4.09. The quantitative estimate of drug-likeness (QED) is 0.842. The van der Waals surface area contributed by atoms with Gasteiger partial charge in [0.1, 0.15) is 0 Å². The van der Waals surface area contributed by atoms with Crippen LogP contribution in [0, 0.1) is 0 Å². The molecular formula is C16H24N2OS. The highest BCUT2D eigenvalue weighted by molar-refractivity contribution is 7.98. The summed E-state index contributed by atoms with van der Waals surface area (Å²) in [4.78, 5) is 2.51. The van der Waals surface area contributed by atoms with Gasteiger partial charge in [0.05, 0.1) is 13.2 Å². The highest BCUT2D eigenvalue weighted by Crippen LogP contribution is 2.31. The Morgan fingerprint density at radius 1 is 1.25 bits per heavy atom. The molecule has 3 rings (SSSR count). The lowest BCUT2D eigenvalue weighted by molar-refractivity contribution is 0.0374. The van der Waals surface area contributed by atoms with E-state index < -0.39 is 0 Å². The van der Waals surface area contributed by atoms with Gasteiger partial charge in [0, 0.05) is 30.6 Å². The predicted octanol–water partition coefficient (Wildman–Crippen LogP) is 2.29. The van der Waals surface area contributed by atoms with E-state index in [1.54, 1.807) is 0 Å². The molecule has 0 saturated carbocycles. The predicted molar refractivity (Wildman–Crippen MR) is 85.2 cm³/mol. The van der Waals surface area contributed by atoms with Gasteiger partial charge in [-0.25, -0.2) is 0 Å². The molecule has 0 aromatic heterocycles. The molecule has 1 saturated heterocycles. The molecule has 1 N–H and O–H groups in total. The van der Waals surface area contributed by atoms with Gasteiger partial charge in [-0.15, -0.1) is 0 Å². The minimum absolute atomic E-state index is 0.537. The van der Waals surface area contributed by atoms with Crippen molar-refractivity contribution in [2.75, 3.05) is 45.1 Å². The molecule has 110 valence electrons. The molecular weight excluding hydrogens is 268 g/mol. The number of nitrogens with zero attached hydrogens (tertiary/aromatic N) is 1. The van der Waals surface area contributed by atoms with Crippen molar-refractivity contribution in [3.63, 3.8) is 0 Å². The molecule has 1 atom stereocenters. The summed E-state index contributed by atoms with van der Waals surface area (Å²) in [7, 11) is 0. The number of nitrogens with one attached hydrogen (secondary N) is 1. The second-order valence-corrected chi connectivity index (χ2v) is 6.56. The SMILES string of the molecule is c1ccc2c(c1)CSCC2NCCCN1CCOCC1. The van der Waals surface area contributed by atoms with E-state index in [0.717, 1.165) is 32.8 Å². The third-order valence-corrected chi connectivity index (χ3v) is 5.20. The fourth-order valence-electron chi connectivity index (χ4n) is 2.95. The van der Waals surface area contributed by atoms with Crippen LogP contribution in [0.15, 0.2) is 24.3 Å². The topological polar surface area (TPSA) is 24.5 Å². The van der Waals surface area contributed by atoms with E-state index in [1.165, 1.54) is 35.6 Å². The highest BCUT2D eigenvalue weighted by atomic mass is 32.2. The maximum Gasteiger partial charge on any atom is 0.0594 e. The van der Waals surface area contributed by atoms with Crippen molar-refractivity contribution in [1.29, 1.82) is 0 Å². The van der Waals surface area contributed by atoms with E-state index in [2.05, 4.69) is 34.5 Å². The van der Waals surface area contributed by atoms with Crippen molar-refractivity contribution in [3.05, 3.63) is 35.4 Å². The molecule has 1 aromatic carbocycles. The lowest BCUT2D eigenvalue weighted by Crippen LogP contribution is -2.38. The number of hydrogen-bond donors (Lipinski definition) is 1. The van der Waals surface area contributed by atoms with E-state index in [4.69, 9.17) is 4.74 Å². The fraction of sp³-hybridized carbons (Fsp3) is 0.625. The molecule has 2 aliphatic heterocycles. The average Bonchev–Trinajstić information content (AvgIpc) is 2.53. The molecule has 1 fully saturated rings. The molecule has 0 aliphatic carbocycles. The minimum atomic E-state index is 0.537. The summed E-state index contributed by atoms with van der Waals surface area (Å²) in [5.74, 6) is 2.37. The monoisotopic (exact) mass is 292 g/mol. The smallest absolute Gasteiger partial charge is 0.0594 e. The summed E-state index contributed by atoms with van der Waals surface area (Å²) in [5, 5.41) is 3.74. The van der Waals surface area contributed by atoms with E-state index in [9.17, 15) is 0 Å². The van der Waals surface area contributed by atoms with Gasteiger partial charge in [-0.05, 0) is 30.6 Å². The number of ether oxygens (including phenoxy) is 1. The minimum Gasteiger partial charge on any atom is -0.379 e. The summed E-state index contributed by atoms with van der Waals surface area (Å²) >= 11 is 2.04. The van der Waals surface area contributed by atoms with Crippen molar-refractivity contribution in [1.82, 2.24) is 10.2 Å². The second-order valence-electron chi connectivity index (χ2n) is 5.53. The van der Waals surface area contributed by atoms with Crippen LogP contribution in [0.3, 0.4) is 0 Å². The van der Waals surface area contributed by atoms with Crippen molar-refractivity contribution < 1.29 is 4.74 Å². The molecule has 2 heterocycles. The van der Waals surface area contributed by atoms with Gasteiger partial charge in [0.15, 0.2) is 0 Å². The van der Waals surface area contributed by atoms with Gasteiger partial charge in [0.2, 0.25) is 0 Å². The van der Waals surface area contributed by atoms with Gasteiger partial charge >= 0.3 is 0 Å². The summed E-state index contributed by atoms with van der Waals surface area (Å²) in [6.45, 7) is 6.30. The highest BCUT2D eigenvalue weighted by Gasteiger charge is 2.19. The zero-order chi connectivity index (χ0) is 13.6. The van der Waals surface area contributed by atoms with E-state index in [-0.39, 0.29) is 0 Å². The Hall–Kier alpha value is -0.550. The van der Waals surface area contributed by atoms with E-state index in [1.807, 2.05) is 11.8 Å². The number of thioether (sulfide) groups is 1. The Bertz CT molecular complexity index is 421. The zero-order valence-corrected chi connectivity index (χ0v) is 12.8. The van der Waals surface area contributed by atoms with Gasteiger partial charge in [0.25, 0.3) is 0 Å². The van der Waals surface area contributed by atoms with Crippen LogP contribution in [0.5, 0.6) is 0 Å². The molecule has 4 heteroatoms. The maximum atomic E-state index is 5.38. The third kappa shape index (κ3) is 3.76. The van der Waals surface area contributed by atoms with Gasteiger partial charge in [-0.3, -0.25) is 4.90 Å². The Morgan fingerprint density at radius 2 is 2.10 bits per heavy atom. The standard InChI is InChI=1S/C16H24N2OS/c1-2-5-15-14(4-1)12-20-13-16(15)17-6-3-7-18-8-10-19-11-9-18/h1-2,4-5,16-17H,3,6-13H2. The van der Waals surface area contributed by atoms with Crippen LogP contribution in [0.1, 0.15) is 23.6 Å². The van der Waals surface area contributed by atoms with Crippen LogP contribution in [0.25, 0.3) is 0 Å². The number of benzene rings is 1. The van der Waals surface area contributed by atoms with E-state index >= 15 is 0 Å². The second kappa shape index (κ2) is 7.46. The Balaban J connectivity index is 1.43. The van der Waals surface area contributed by atoms with Crippen LogP contribution in [0.2, 0.25) is 0 Å². The van der Waals surface area contributed by atoms with Crippen LogP contribution in [0.4, 0.5) is 0 Å². The van der Waals surface area contributed by atoms with E-state index in [0.29, 0.717) is 6.04 Å². The first-order valence-corrected chi connectivity index (χ1v) is 8.78. The summed E-state index contributed by atoms with van der Waals surface area (Å²) in [6, 6.07) is 9.41. The van der Waals surface area contributed by atoms with Crippen molar-refractivity contribution >= 4 is 11.8 Å². The molecule has 0 amide bonds. The summed E-state index contributed by atoms with van der Waals surface area (Å²) in [5.41, 5.74) is 3.02. The van der Waals surface area contributed by atoms with Crippen LogP contribution >= 0.6 is 11.8 Å². The molecule has 0 radical (unpaired) electrons. The Kier molecular flexibility index (Phi) is 5.36. The van der Waals surface area contributed by atoms with Gasteiger partial charge in [-0.2, -0.15) is 11.8 Å². The molecule has 0 bridgehead atoms. The molecule has 20 heavy (non-hydrogen) atoms. The lowest BCUT2D eigenvalue weighted by Gasteiger charge is -2.28. The van der Waals surface area contributed by atoms with Gasteiger partial charge in [-0.1, -0.05) is 24.3 Å². The first kappa shape index (κ1) is 14.4. The average molecular weight is 292 g/mol. The van der Waals surface area contributed by atoms with Crippen molar-refractivity contribution in [2.45, 2.75) is 18.2 Å². The largest absolute Gasteiger partial charge is 0.379 e. The van der Waals surface area contributed by atoms with Crippen LogP contribution in [-0.2, 0) is 10.5 Å². The molecule has 1 aromatic rings. The number of fused-ring (bicyclic) bond motifs is 1. The Labute approximate surface area is 126 Å². The zero-order valence-electron chi connectivity index (χ0n) is 12.0. The molecule has 0 spiro atoms. The molecule has 1 unspecified atom stereocenters. The Morgan fingerprint density at radius 3 is 3.00 bits per heavy atom. The first-order chi connectivity index (χ1) is 9.93. The number of hydrogen-bond acceptors (Lipinski definition) is 4. The van der Waals surface area contributed by atoms with Crippen molar-refractivity contribution in [3.8, 4) is 0 Å². The van der Waals surface area contributed by atoms with Crippen LogP contribution in [-0.4, -0.2) is 50.0 Å². The van der Waals surface area contributed by atoms with Gasteiger partial charge < -0.3 is 10.1 Å². The molecule has 3 nitrogen and oxygen atoms in total. The number of rotatable bonds is 5. The summed E-state index contributed by atoms with van der Waals surface area (Å²) in [6.07, 6.45) is 1.23. The third-order valence-electron chi connectivity index (χ3n) is 4.12. The van der Waals surface area contributed by atoms with Crippen LogP contribution < -0.4 is 5.32 Å². The summed E-state index contributed by atoms with van der Waals surface area (Å²) < 4.78 is 5.38. The normalized spacial score (nSPS) is 23.5. The lowest BCUT2D eigenvalue weighted by atomic mass is 10.0. The maximum absolute atomic E-state index is 5.38. The van der Waals surface area contributed by atoms with Crippen molar-refractivity contribution in [2.24, 2.45) is 0 Å². The molecule has 2 aliphatic rings.